The van der Waals surface area contributed by atoms with Crippen LogP contribution in [0.1, 0.15) is 59.8 Å². The predicted molar refractivity (Wildman–Crippen MR) is 115 cm³/mol. The molecule has 1 unspecified atom stereocenters. The van der Waals surface area contributed by atoms with Gasteiger partial charge in [0.05, 0.1) is 22.8 Å². The fraction of sp³-hybridized carbons (Fsp3) is 0.500. The van der Waals surface area contributed by atoms with Crippen molar-refractivity contribution in [1.82, 2.24) is 19.7 Å². The summed E-state index contributed by atoms with van der Waals surface area (Å²) in [5.74, 6) is 0.687. The summed E-state index contributed by atoms with van der Waals surface area (Å²) in [5, 5.41) is 5.37. The van der Waals surface area contributed by atoms with Crippen molar-refractivity contribution < 1.29 is 4.79 Å². The van der Waals surface area contributed by atoms with E-state index in [0.29, 0.717) is 11.5 Å². The van der Waals surface area contributed by atoms with Gasteiger partial charge in [-0.1, -0.05) is 0 Å². The smallest absolute Gasteiger partial charge is 0.254 e. The number of fused-ring (bicyclic) bond motifs is 1. The number of aryl methyl sites for hydroxylation is 2. The second-order valence-corrected chi connectivity index (χ2v) is 9.76. The molecule has 0 aliphatic heterocycles. The number of carbonyl (C=O) groups is 1. The summed E-state index contributed by atoms with van der Waals surface area (Å²) in [4.78, 5) is 22.7. The van der Waals surface area contributed by atoms with Gasteiger partial charge in [0.25, 0.3) is 5.91 Å². The van der Waals surface area contributed by atoms with E-state index in [1.165, 1.54) is 22.6 Å². The number of carbonyl (C=O) groups excluding carboxylic acids is 1. The van der Waals surface area contributed by atoms with Crippen LogP contribution in [0.2, 0.25) is 0 Å². The molecule has 3 aromatic heterocycles. The van der Waals surface area contributed by atoms with Gasteiger partial charge in [-0.3, -0.25) is 4.79 Å². The van der Waals surface area contributed by atoms with E-state index in [2.05, 4.69) is 45.8 Å². The zero-order valence-corrected chi connectivity index (χ0v) is 18.3. The zero-order chi connectivity index (χ0) is 20.2. The highest BCUT2D eigenvalue weighted by molar-refractivity contribution is 7.12. The van der Waals surface area contributed by atoms with E-state index in [4.69, 9.17) is 4.98 Å². The Kier molecular flexibility index (Phi) is 4.78. The molecule has 0 saturated heterocycles. The van der Waals surface area contributed by atoms with E-state index in [-0.39, 0.29) is 18.0 Å². The second-order valence-electron chi connectivity index (χ2n) is 8.30. The number of nitrogens with zero attached hydrogens (tertiary/aromatic N) is 4. The van der Waals surface area contributed by atoms with Gasteiger partial charge in [0, 0.05) is 34.4 Å². The van der Waals surface area contributed by atoms with E-state index in [0.717, 1.165) is 22.3 Å². The first-order valence-corrected chi connectivity index (χ1v) is 10.8. The van der Waals surface area contributed by atoms with Crippen LogP contribution >= 0.6 is 11.3 Å². The van der Waals surface area contributed by atoms with E-state index in [1.54, 1.807) is 17.5 Å². The lowest BCUT2D eigenvalue weighted by Gasteiger charge is -2.25. The minimum atomic E-state index is 0.0564. The number of thiophene rings is 1. The van der Waals surface area contributed by atoms with Crippen LogP contribution in [0.4, 0.5) is 0 Å². The maximum absolute atomic E-state index is 13.4. The summed E-state index contributed by atoms with van der Waals surface area (Å²) in [6.07, 6.45) is 4.23. The van der Waals surface area contributed by atoms with Crippen LogP contribution in [0, 0.1) is 19.8 Å². The molecule has 1 amide bonds. The third-order valence-corrected chi connectivity index (χ3v) is 6.80. The highest BCUT2D eigenvalue weighted by Gasteiger charge is 2.33. The first kappa shape index (κ1) is 19.1. The first-order chi connectivity index (χ1) is 13.3. The lowest BCUT2D eigenvalue weighted by atomic mass is 10.0. The van der Waals surface area contributed by atoms with Crippen LogP contribution in [0.15, 0.2) is 18.3 Å². The molecule has 3 aromatic rings. The molecule has 0 spiro atoms. The molecule has 28 heavy (non-hydrogen) atoms. The van der Waals surface area contributed by atoms with E-state index < -0.39 is 0 Å². The standard InChI is InChI=1S/C22H28N4OS/c1-12(2)26-21-19(11-23-26)18(22(27)25(6)14(4)16-7-8-16)10-20(24-21)17-9-13(3)28-15(17)5/h9-12,14,16H,7-8H2,1-6H3. The highest BCUT2D eigenvalue weighted by Crippen LogP contribution is 2.36. The maximum Gasteiger partial charge on any atom is 0.254 e. The number of rotatable bonds is 5. The van der Waals surface area contributed by atoms with Crippen molar-refractivity contribution >= 4 is 28.3 Å². The Hall–Kier alpha value is -2.21. The fourth-order valence-electron chi connectivity index (χ4n) is 3.87. The third-order valence-electron chi connectivity index (χ3n) is 5.84. The van der Waals surface area contributed by atoms with Crippen LogP contribution in [0.25, 0.3) is 22.3 Å². The van der Waals surface area contributed by atoms with Gasteiger partial charge in [-0.25, -0.2) is 9.67 Å². The molecule has 148 valence electrons. The van der Waals surface area contributed by atoms with Crippen LogP contribution in [0.3, 0.4) is 0 Å². The molecule has 1 atom stereocenters. The normalized spacial score (nSPS) is 15.4. The third kappa shape index (κ3) is 3.24. The first-order valence-electron chi connectivity index (χ1n) is 10.0. The van der Waals surface area contributed by atoms with Gasteiger partial charge >= 0.3 is 0 Å². The van der Waals surface area contributed by atoms with E-state index >= 15 is 0 Å². The van der Waals surface area contributed by atoms with Crippen LogP contribution in [-0.2, 0) is 0 Å². The lowest BCUT2D eigenvalue weighted by molar-refractivity contribution is 0.0729. The molecule has 0 radical (unpaired) electrons. The lowest BCUT2D eigenvalue weighted by Crippen LogP contribution is -2.36. The summed E-state index contributed by atoms with van der Waals surface area (Å²) in [7, 11) is 1.92. The molecule has 1 aliphatic rings. The molecule has 0 aromatic carbocycles. The predicted octanol–water partition coefficient (Wildman–Crippen LogP) is 5.23. The van der Waals surface area contributed by atoms with Crippen LogP contribution in [0.5, 0.6) is 0 Å². The molecule has 6 heteroatoms. The Morgan fingerprint density at radius 1 is 1.25 bits per heavy atom. The zero-order valence-electron chi connectivity index (χ0n) is 17.5. The summed E-state index contributed by atoms with van der Waals surface area (Å²) in [6, 6.07) is 4.55. The maximum atomic E-state index is 13.4. The summed E-state index contributed by atoms with van der Waals surface area (Å²) >= 11 is 1.76. The monoisotopic (exact) mass is 396 g/mol. The van der Waals surface area contributed by atoms with Gasteiger partial charge in [0.15, 0.2) is 5.65 Å². The Morgan fingerprint density at radius 2 is 1.96 bits per heavy atom. The van der Waals surface area contributed by atoms with Crippen molar-refractivity contribution in [2.24, 2.45) is 5.92 Å². The molecule has 0 bridgehead atoms. The largest absolute Gasteiger partial charge is 0.339 e. The van der Waals surface area contributed by atoms with E-state index in [9.17, 15) is 4.79 Å². The fourth-order valence-corrected chi connectivity index (χ4v) is 4.80. The molecular weight excluding hydrogens is 368 g/mol. The number of pyridine rings is 1. The Morgan fingerprint density at radius 3 is 2.54 bits per heavy atom. The topological polar surface area (TPSA) is 51.0 Å². The van der Waals surface area contributed by atoms with Crippen LogP contribution in [-0.4, -0.2) is 38.7 Å². The van der Waals surface area contributed by atoms with E-state index in [1.807, 2.05) is 22.7 Å². The molecule has 1 fully saturated rings. The minimum absolute atomic E-state index is 0.0564. The average molecular weight is 397 g/mol. The second kappa shape index (κ2) is 6.99. The summed E-state index contributed by atoms with van der Waals surface area (Å²) in [6.45, 7) is 10.5. The number of aromatic nitrogens is 3. The molecule has 4 rings (SSSR count). The molecule has 1 saturated carbocycles. The Bertz CT molecular complexity index is 1040. The number of hydrogen-bond acceptors (Lipinski definition) is 4. The quantitative estimate of drug-likeness (QED) is 0.593. The van der Waals surface area contributed by atoms with Crippen molar-refractivity contribution in [2.75, 3.05) is 7.05 Å². The molecule has 0 N–H and O–H groups in total. The molecule has 1 aliphatic carbocycles. The molecule has 3 heterocycles. The van der Waals surface area contributed by atoms with Gasteiger partial charge in [-0.2, -0.15) is 5.10 Å². The van der Waals surface area contributed by atoms with Gasteiger partial charge in [-0.05, 0) is 65.5 Å². The Balaban J connectivity index is 1.88. The van der Waals surface area contributed by atoms with Crippen molar-refractivity contribution in [1.29, 1.82) is 0 Å². The summed E-state index contributed by atoms with van der Waals surface area (Å²) < 4.78 is 1.91. The van der Waals surface area contributed by atoms with Crippen molar-refractivity contribution in [3.8, 4) is 11.3 Å². The van der Waals surface area contributed by atoms with Crippen molar-refractivity contribution in [3.05, 3.63) is 33.6 Å². The Labute approximate surface area is 170 Å². The average Bonchev–Trinajstić information content (AvgIpc) is 3.32. The number of hydrogen-bond donors (Lipinski definition) is 0. The van der Waals surface area contributed by atoms with Gasteiger partial charge < -0.3 is 4.90 Å². The van der Waals surface area contributed by atoms with Crippen LogP contribution < -0.4 is 0 Å². The van der Waals surface area contributed by atoms with Gasteiger partial charge in [-0.15, -0.1) is 11.3 Å². The van der Waals surface area contributed by atoms with Crippen molar-refractivity contribution in [2.45, 2.75) is 59.5 Å². The van der Waals surface area contributed by atoms with Gasteiger partial charge in [0.2, 0.25) is 0 Å². The minimum Gasteiger partial charge on any atom is -0.339 e. The van der Waals surface area contributed by atoms with Crippen molar-refractivity contribution in [3.63, 3.8) is 0 Å². The molecular formula is C22H28N4OS. The SMILES string of the molecule is Cc1cc(-c2cc(C(=O)N(C)C(C)C3CC3)c3cnn(C(C)C)c3n2)c(C)s1. The summed E-state index contributed by atoms with van der Waals surface area (Å²) in [5.41, 5.74) is 3.44. The van der Waals surface area contributed by atoms with Gasteiger partial charge in [0.1, 0.15) is 0 Å². The molecule has 5 nitrogen and oxygen atoms in total. The highest BCUT2D eigenvalue weighted by atomic mass is 32.1. The number of amides is 1.